The van der Waals surface area contributed by atoms with E-state index in [9.17, 15) is 4.79 Å². The number of aromatic nitrogens is 1. The number of carbonyl (C=O) groups excluding carboxylic acids is 1. The molecule has 21 heavy (non-hydrogen) atoms. The summed E-state index contributed by atoms with van der Waals surface area (Å²) in [4.78, 5) is 18.1. The van der Waals surface area contributed by atoms with Crippen molar-refractivity contribution in [3.05, 3.63) is 35.5 Å². The predicted molar refractivity (Wildman–Crippen MR) is 86.9 cm³/mol. The van der Waals surface area contributed by atoms with Gasteiger partial charge in [-0.05, 0) is 38.9 Å². The van der Waals surface area contributed by atoms with E-state index in [0.29, 0.717) is 12.6 Å². The molecule has 3 heteroatoms. The van der Waals surface area contributed by atoms with Gasteiger partial charge in [-0.15, -0.1) is 0 Å². The fourth-order valence-corrected chi connectivity index (χ4v) is 3.43. The number of H-pyrrole nitrogens is 1. The van der Waals surface area contributed by atoms with E-state index < -0.39 is 0 Å². The number of Topliss-reactive ketones (excluding diaryl/α,β-unsaturated/α-hetero) is 1. The Morgan fingerprint density at radius 1 is 1.29 bits per heavy atom. The van der Waals surface area contributed by atoms with Crippen molar-refractivity contribution in [1.82, 2.24) is 9.88 Å². The molecule has 0 aliphatic heterocycles. The number of nitrogens with zero attached hydrogens (tertiary/aromatic N) is 1. The van der Waals surface area contributed by atoms with Crippen LogP contribution in [0.15, 0.2) is 24.4 Å². The molecule has 2 aromatic rings. The Labute approximate surface area is 126 Å². The van der Waals surface area contributed by atoms with Gasteiger partial charge in [-0.3, -0.25) is 9.69 Å². The van der Waals surface area contributed by atoms with Crippen molar-refractivity contribution in [3.63, 3.8) is 0 Å². The van der Waals surface area contributed by atoms with E-state index in [1.165, 1.54) is 37.7 Å². The monoisotopic (exact) mass is 284 g/mol. The van der Waals surface area contributed by atoms with Gasteiger partial charge >= 0.3 is 0 Å². The number of aromatic amines is 1. The molecule has 0 radical (unpaired) electrons. The molecule has 0 amide bonds. The van der Waals surface area contributed by atoms with Crippen molar-refractivity contribution in [1.29, 1.82) is 0 Å². The summed E-state index contributed by atoms with van der Waals surface area (Å²) >= 11 is 0. The summed E-state index contributed by atoms with van der Waals surface area (Å²) in [5.74, 6) is 0.222. The fraction of sp³-hybridized carbons (Fsp3) is 0.500. The average Bonchev–Trinajstić information content (AvgIpc) is 2.91. The van der Waals surface area contributed by atoms with E-state index >= 15 is 0 Å². The van der Waals surface area contributed by atoms with Crippen molar-refractivity contribution < 1.29 is 4.79 Å². The zero-order valence-corrected chi connectivity index (χ0v) is 13.0. The lowest BCUT2D eigenvalue weighted by Gasteiger charge is -2.30. The number of hydrogen-bond donors (Lipinski definition) is 1. The van der Waals surface area contributed by atoms with Crippen molar-refractivity contribution in [2.24, 2.45) is 0 Å². The van der Waals surface area contributed by atoms with Crippen LogP contribution in [0.3, 0.4) is 0 Å². The Morgan fingerprint density at radius 3 is 2.81 bits per heavy atom. The minimum Gasteiger partial charge on any atom is -0.360 e. The first kappa shape index (κ1) is 14.3. The molecule has 3 nitrogen and oxygen atoms in total. The largest absolute Gasteiger partial charge is 0.360 e. The summed E-state index contributed by atoms with van der Waals surface area (Å²) in [6.45, 7) is 2.58. The lowest BCUT2D eigenvalue weighted by Crippen LogP contribution is -2.37. The molecule has 3 rings (SSSR count). The van der Waals surface area contributed by atoms with Gasteiger partial charge in [0, 0.05) is 28.7 Å². The first-order chi connectivity index (χ1) is 10.1. The van der Waals surface area contributed by atoms with E-state index in [2.05, 4.69) is 36.0 Å². The van der Waals surface area contributed by atoms with E-state index in [0.717, 1.165) is 16.5 Å². The SMILES string of the molecule is Cc1ccc2[nH]cc(C(=O)CN(C)C3CCCCC3)c2c1. The molecule has 1 aromatic carbocycles. The molecular weight excluding hydrogens is 260 g/mol. The van der Waals surface area contributed by atoms with Crippen LogP contribution in [0.25, 0.3) is 10.9 Å². The first-order valence-corrected chi connectivity index (χ1v) is 7.96. The molecule has 1 aliphatic carbocycles. The van der Waals surface area contributed by atoms with Crippen LogP contribution in [0.5, 0.6) is 0 Å². The lowest BCUT2D eigenvalue weighted by molar-refractivity contribution is 0.0901. The minimum atomic E-state index is 0.222. The van der Waals surface area contributed by atoms with Crippen molar-refractivity contribution in [2.75, 3.05) is 13.6 Å². The fourth-order valence-electron chi connectivity index (χ4n) is 3.43. The van der Waals surface area contributed by atoms with E-state index in [1.807, 2.05) is 12.3 Å². The number of rotatable bonds is 4. The van der Waals surface area contributed by atoms with Gasteiger partial charge in [-0.1, -0.05) is 30.9 Å². The van der Waals surface area contributed by atoms with Crippen molar-refractivity contribution in [2.45, 2.75) is 45.1 Å². The summed E-state index contributed by atoms with van der Waals surface area (Å²) in [5.41, 5.74) is 3.07. The van der Waals surface area contributed by atoms with E-state index in [4.69, 9.17) is 0 Å². The smallest absolute Gasteiger partial charge is 0.178 e. The van der Waals surface area contributed by atoms with Gasteiger partial charge in [-0.2, -0.15) is 0 Å². The molecular formula is C18H24N2O. The van der Waals surface area contributed by atoms with Gasteiger partial charge in [0.1, 0.15) is 0 Å². The molecule has 1 N–H and O–H groups in total. The number of likely N-dealkylation sites (N-methyl/N-ethyl adjacent to an activating group) is 1. The van der Waals surface area contributed by atoms with Crippen LogP contribution in [0, 0.1) is 6.92 Å². The van der Waals surface area contributed by atoms with Gasteiger partial charge in [0.2, 0.25) is 0 Å². The van der Waals surface area contributed by atoms with Crippen LogP contribution in [-0.2, 0) is 0 Å². The molecule has 0 atom stereocenters. The number of hydrogen-bond acceptors (Lipinski definition) is 2. The van der Waals surface area contributed by atoms with E-state index in [1.54, 1.807) is 0 Å². The van der Waals surface area contributed by atoms with Crippen molar-refractivity contribution >= 4 is 16.7 Å². The quantitative estimate of drug-likeness (QED) is 0.864. The molecule has 1 heterocycles. The Kier molecular flexibility index (Phi) is 4.11. The third-order valence-corrected chi connectivity index (χ3v) is 4.73. The van der Waals surface area contributed by atoms with Gasteiger partial charge < -0.3 is 4.98 Å². The summed E-state index contributed by atoms with van der Waals surface area (Å²) in [7, 11) is 2.09. The summed E-state index contributed by atoms with van der Waals surface area (Å²) in [6, 6.07) is 6.79. The number of nitrogens with one attached hydrogen (secondary N) is 1. The zero-order valence-electron chi connectivity index (χ0n) is 13.0. The maximum atomic E-state index is 12.6. The molecule has 0 bridgehead atoms. The third kappa shape index (κ3) is 3.03. The average molecular weight is 284 g/mol. The van der Waals surface area contributed by atoms with Crippen LogP contribution in [0.4, 0.5) is 0 Å². The van der Waals surface area contributed by atoms with Crippen LogP contribution in [0.1, 0.15) is 48.0 Å². The Morgan fingerprint density at radius 2 is 2.05 bits per heavy atom. The molecule has 1 aliphatic rings. The second kappa shape index (κ2) is 6.02. The molecule has 1 aromatic heterocycles. The molecule has 0 unspecified atom stereocenters. The number of ketones is 1. The molecule has 1 fully saturated rings. The second-order valence-electron chi connectivity index (χ2n) is 6.38. The van der Waals surface area contributed by atoms with Crippen LogP contribution in [-0.4, -0.2) is 35.3 Å². The predicted octanol–water partition coefficient (Wildman–Crippen LogP) is 3.92. The molecule has 112 valence electrons. The van der Waals surface area contributed by atoms with Crippen LogP contribution < -0.4 is 0 Å². The molecule has 1 saturated carbocycles. The zero-order chi connectivity index (χ0) is 14.8. The van der Waals surface area contributed by atoms with Gasteiger partial charge in [-0.25, -0.2) is 0 Å². The number of carbonyl (C=O) groups is 1. The van der Waals surface area contributed by atoms with Crippen molar-refractivity contribution in [3.8, 4) is 0 Å². The maximum absolute atomic E-state index is 12.6. The Hall–Kier alpha value is -1.61. The van der Waals surface area contributed by atoms with Gasteiger partial charge in [0.15, 0.2) is 5.78 Å². The highest BCUT2D eigenvalue weighted by molar-refractivity contribution is 6.08. The van der Waals surface area contributed by atoms with Crippen LogP contribution >= 0.6 is 0 Å². The van der Waals surface area contributed by atoms with Gasteiger partial charge in [0.05, 0.1) is 6.54 Å². The number of benzene rings is 1. The summed E-state index contributed by atoms with van der Waals surface area (Å²) in [6.07, 6.45) is 8.28. The standard InChI is InChI=1S/C18H24N2O/c1-13-8-9-17-15(10-13)16(11-19-17)18(21)12-20(2)14-6-4-3-5-7-14/h8-11,14,19H,3-7,12H2,1-2H3. The number of fused-ring (bicyclic) bond motifs is 1. The highest BCUT2D eigenvalue weighted by atomic mass is 16.1. The van der Waals surface area contributed by atoms with Gasteiger partial charge in [0.25, 0.3) is 0 Å². The third-order valence-electron chi connectivity index (χ3n) is 4.73. The normalized spacial score (nSPS) is 16.7. The topological polar surface area (TPSA) is 36.1 Å². The van der Waals surface area contributed by atoms with E-state index in [-0.39, 0.29) is 5.78 Å². The Balaban J connectivity index is 1.75. The highest BCUT2D eigenvalue weighted by Gasteiger charge is 2.21. The Bertz CT molecular complexity index is 638. The number of aryl methyl sites for hydroxylation is 1. The molecule has 0 spiro atoms. The first-order valence-electron chi connectivity index (χ1n) is 7.96. The summed E-state index contributed by atoms with van der Waals surface area (Å²) < 4.78 is 0. The summed E-state index contributed by atoms with van der Waals surface area (Å²) in [5, 5.41) is 1.05. The van der Waals surface area contributed by atoms with Crippen LogP contribution in [0.2, 0.25) is 0 Å². The highest BCUT2D eigenvalue weighted by Crippen LogP contribution is 2.23. The minimum absolute atomic E-state index is 0.222. The lowest BCUT2D eigenvalue weighted by atomic mass is 9.94. The second-order valence-corrected chi connectivity index (χ2v) is 6.38. The maximum Gasteiger partial charge on any atom is 0.178 e. The molecule has 0 saturated heterocycles.